The van der Waals surface area contributed by atoms with Gasteiger partial charge in [-0.3, -0.25) is 4.84 Å². The second-order valence-electron chi connectivity index (χ2n) is 2.74. The first kappa shape index (κ1) is 9.54. The molecule has 13 heavy (non-hydrogen) atoms. The zero-order valence-electron chi connectivity index (χ0n) is 7.41. The molecule has 0 atom stereocenters. The predicted octanol–water partition coefficient (Wildman–Crippen LogP) is 1.09. The quantitative estimate of drug-likeness (QED) is 0.684. The van der Waals surface area contributed by atoms with Crippen molar-refractivity contribution in [1.29, 1.82) is 0 Å². The lowest BCUT2D eigenvalue weighted by atomic mass is 10.1. The van der Waals surface area contributed by atoms with Gasteiger partial charge in [0.25, 0.3) is 0 Å². The van der Waals surface area contributed by atoms with Crippen LogP contribution in [0.25, 0.3) is 0 Å². The number of rotatable bonds is 3. The molecule has 1 rings (SSSR count). The number of benzene rings is 1. The van der Waals surface area contributed by atoms with Crippen LogP contribution in [0.2, 0.25) is 0 Å². The summed E-state index contributed by atoms with van der Waals surface area (Å²) in [5, 5.41) is 0. The Balaban J connectivity index is 2.41. The van der Waals surface area contributed by atoms with E-state index < -0.39 is 6.03 Å². The van der Waals surface area contributed by atoms with E-state index in [1.54, 1.807) is 0 Å². The number of hydrogen-bond donors (Lipinski definition) is 2. The molecule has 0 aliphatic heterocycles. The predicted molar refractivity (Wildman–Crippen MR) is 48.7 cm³/mol. The van der Waals surface area contributed by atoms with Gasteiger partial charge in [-0.05, 0) is 12.5 Å². The van der Waals surface area contributed by atoms with E-state index in [-0.39, 0.29) is 0 Å². The maximum absolute atomic E-state index is 10.2. The van der Waals surface area contributed by atoms with Crippen molar-refractivity contribution in [2.45, 2.75) is 13.5 Å². The zero-order chi connectivity index (χ0) is 9.68. The van der Waals surface area contributed by atoms with Crippen LogP contribution in [0.3, 0.4) is 0 Å². The van der Waals surface area contributed by atoms with Crippen molar-refractivity contribution >= 4 is 6.03 Å². The largest absolute Gasteiger partial charge is 0.350 e. The minimum atomic E-state index is -0.687. The Morgan fingerprint density at radius 1 is 1.62 bits per heavy atom. The monoisotopic (exact) mass is 180 g/mol. The SMILES string of the molecule is Cc1cccc(CONC(N)=O)c1. The summed E-state index contributed by atoms with van der Waals surface area (Å²) in [6, 6.07) is 7.12. The highest BCUT2D eigenvalue weighted by molar-refractivity contribution is 5.70. The molecule has 0 aromatic heterocycles. The van der Waals surface area contributed by atoms with Crippen molar-refractivity contribution < 1.29 is 9.63 Å². The molecular formula is C9H12N2O2. The van der Waals surface area contributed by atoms with Crippen LogP contribution in [0.15, 0.2) is 24.3 Å². The van der Waals surface area contributed by atoms with E-state index in [1.807, 2.05) is 31.2 Å². The second kappa shape index (κ2) is 4.47. The van der Waals surface area contributed by atoms with E-state index in [1.165, 1.54) is 0 Å². The lowest BCUT2D eigenvalue weighted by Crippen LogP contribution is -2.29. The molecule has 0 aliphatic carbocycles. The van der Waals surface area contributed by atoms with Crippen LogP contribution in [-0.2, 0) is 11.4 Å². The molecule has 0 heterocycles. The highest BCUT2D eigenvalue weighted by atomic mass is 16.7. The lowest BCUT2D eigenvalue weighted by Gasteiger charge is -2.03. The molecule has 0 aliphatic rings. The minimum absolute atomic E-state index is 0.324. The highest BCUT2D eigenvalue weighted by Crippen LogP contribution is 2.04. The summed E-state index contributed by atoms with van der Waals surface area (Å²) in [6.45, 7) is 2.32. The summed E-state index contributed by atoms with van der Waals surface area (Å²) < 4.78 is 0. The number of hydroxylamine groups is 1. The molecule has 70 valence electrons. The van der Waals surface area contributed by atoms with E-state index in [0.29, 0.717) is 6.61 Å². The fraction of sp³-hybridized carbons (Fsp3) is 0.222. The van der Waals surface area contributed by atoms with Gasteiger partial charge in [-0.1, -0.05) is 29.8 Å². The fourth-order valence-corrected chi connectivity index (χ4v) is 0.992. The van der Waals surface area contributed by atoms with Gasteiger partial charge in [0.2, 0.25) is 0 Å². The Morgan fingerprint density at radius 2 is 2.38 bits per heavy atom. The van der Waals surface area contributed by atoms with E-state index >= 15 is 0 Å². The Kier molecular flexibility index (Phi) is 3.28. The smallest absolute Gasteiger partial charge is 0.336 e. The molecule has 0 saturated heterocycles. The number of aryl methyl sites for hydroxylation is 1. The highest BCUT2D eigenvalue weighted by Gasteiger charge is 1.94. The normalized spacial score (nSPS) is 9.62. The summed E-state index contributed by atoms with van der Waals surface area (Å²) >= 11 is 0. The van der Waals surface area contributed by atoms with E-state index in [0.717, 1.165) is 11.1 Å². The minimum Gasteiger partial charge on any atom is -0.350 e. The number of amides is 2. The van der Waals surface area contributed by atoms with Gasteiger partial charge in [-0.2, -0.15) is 0 Å². The van der Waals surface area contributed by atoms with E-state index in [2.05, 4.69) is 5.48 Å². The number of hydrogen-bond acceptors (Lipinski definition) is 2. The van der Waals surface area contributed by atoms with Gasteiger partial charge < -0.3 is 5.73 Å². The second-order valence-corrected chi connectivity index (χ2v) is 2.74. The molecule has 0 unspecified atom stereocenters. The molecule has 0 radical (unpaired) electrons. The number of nitrogens with two attached hydrogens (primary N) is 1. The van der Waals surface area contributed by atoms with Crippen LogP contribution in [0.1, 0.15) is 11.1 Å². The maximum Gasteiger partial charge on any atom is 0.336 e. The first-order valence-corrected chi connectivity index (χ1v) is 3.91. The number of carbonyl (C=O) groups is 1. The summed E-state index contributed by atoms with van der Waals surface area (Å²) in [5.74, 6) is 0. The van der Waals surface area contributed by atoms with Crippen molar-refractivity contribution in [3.63, 3.8) is 0 Å². The summed E-state index contributed by atoms with van der Waals surface area (Å²) in [6.07, 6.45) is 0. The number of carbonyl (C=O) groups excluding carboxylic acids is 1. The standard InChI is InChI=1S/C9H12N2O2/c1-7-3-2-4-8(5-7)6-13-11-9(10)12/h2-5H,6H2,1H3,(H3,10,11,12). The van der Waals surface area contributed by atoms with Crippen LogP contribution in [0, 0.1) is 6.92 Å². The number of nitrogens with one attached hydrogen (secondary N) is 1. The Hall–Kier alpha value is -1.55. The maximum atomic E-state index is 10.2. The molecule has 1 aromatic rings. The Bertz CT molecular complexity index is 299. The molecular weight excluding hydrogens is 168 g/mol. The van der Waals surface area contributed by atoms with Gasteiger partial charge in [0.05, 0.1) is 6.61 Å². The van der Waals surface area contributed by atoms with Crippen molar-refractivity contribution in [2.75, 3.05) is 0 Å². The van der Waals surface area contributed by atoms with Crippen molar-refractivity contribution in [2.24, 2.45) is 5.73 Å². The first-order valence-electron chi connectivity index (χ1n) is 3.91. The third-order valence-electron chi connectivity index (χ3n) is 1.49. The third-order valence-corrected chi connectivity index (χ3v) is 1.49. The Morgan fingerprint density at radius 3 is 3.00 bits per heavy atom. The van der Waals surface area contributed by atoms with Crippen molar-refractivity contribution in [3.8, 4) is 0 Å². The van der Waals surface area contributed by atoms with Gasteiger partial charge in [0.1, 0.15) is 0 Å². The Labute approximate surface area is 76.6 Å². The van der Waals surface area contributed by atoms with E-state index in [9.17, 15) is 4.79 Å². The molecule has 0 fully saturated rings. The molecule has 1 aromatic carbocycles. The zero-order valence-corrected chi connectivity index (χ0v) is 7.41. The lowest BCUT2D eigenvalue weighted by molar-refractivity contribution is 0.0521. The summed E-state index contributed by atoms with van der Waals surface area (Å²) in [4.78, 5) is 15.1. The molecule has 4 heteroatoms. The number of urea groups is 1. The van der Waals surface area contributed by atoms with Crippen LogP contribution in [0.5, 0.6) is 0 Å². The van der Waals surface area contributed by atoms with Gasteiger partial charge in [-0.25, -0.2) is 10.3 Å². The molecule has 2 amide bonds. The molecule has 4 nitrogen and oxygen atoms in total. The van der Waals surface area contributed by atoms with Gasteiger partial charge >= 0.3 is 6.03 Å². The molecule has 0 spiro atoms. The number of primary amides is 1. The average Bonchev–Trinajstić information content (AvgIpc) is 2.03. The van der Waals surface area contributed by atoms with E-state index in [4.69, 9.17) is 10.6 Å². The topological polar surface area (TPSA) is 64.3 Å². The van der Waals surface area contributed by atoms with Crippen molar-refractivity contribution in [3.05, 3.63) is 35.4 Å². The molecule has 0 saturated carbocycles. The average molecular weight is 180 g/mol. The van der Waals surface area contributed by atoms with Crippen LogP contribution in [0.4, 0.5) is 4.79 Å². The van der Waals surface area contributed by atoms with Crippen LogP contribution in [-0.4, -0.2) is 6.03 Å². The van der Waals surface area contributed by atoms with Gasteiger partial charge in [0, 0.05) is 0 Å². The first-order chi connectivity index (χ1) is 6.18. The van der Waals surface area contributed by atoms with Gasteiger partial charge in [-0.15, -0.1) is 0 Å². The molecule has 3 N–H and O–H groups in total. The molecule has 0 bridgehead atoms. The van der Waals surface area contributed by atoms with Gasteiger partial charge in [0.15, 0.2) is 0 Å². The van der Waals surface area contributed by atoms with Crippen molar-refractivity contribution in [1.82, 2.24) is 5.48 Å². The third kappa shape index (κ3) is 3.57. The fourth-order valence-electron chi connectivity index (χ4n) is 0.992. The van der Waals surface area contributed by atoms with Crippen LogP contribution >= 0.6 is 0 Å². The van der Waals surface area contributed by atoms with Crippen LogP contribution < -0.4 is 11.2 Å². The summed E-state index contributed by atoms with van der Waals surface area (Å²) in [7, 11) is 0. The summed E-state index contributed by atoms with van der Waals surface area (Å²) in [5.41, 5.74) is 9.01.